The lowest BCUT2D eigenvalue weighted by Crippen LogP contribution is -2.41. The highest BCUT2D eigenvalue weighted by Gasteiger charge is 2.13. The van der Waals surface area contributed by atoms with Gasteiger partial charge in [0.15, 0.2) is 11.5 Å². The molecule has 1 aromatic heterocycles. The lowest BCUT2D eigenvalue weighted by molar-refractivity contribution is 0.0846. The maximum absolute atomic E-state index is 12.5. The van der Waals surface area contributed by atoms with E-state index in [1.807, 2.05) is 12.1 Å². The maximum Gasteiger partial charge on any atom is 0.269 e. The van der Waals surface area contributed by atoms with Crippen molar-refractivity contribution in [3.05, 3.63) is 83.7 Å². The number of carbonyl (C=O) groups is 2. The van der Waals surface area contributed by atoms with E-state index in [1.165, 1.54) is 7.11 Å². The molecule has 0 fully saturated rings. The van der Waals surface area contributed by atoms with Gasteiger partial charge in [0, 0.05) is 29.1 Å². The number of nitrogens with zero attached hydrogens (tertiary/aromatic N) is 1. The highest BCUT2D eigenvalue weighted by molar-refractivity contribution is 5.99. The summed E-state index contributed by atoms with van der Waals surface area (Å²) in [5, 5.41) is 0. The molecule has 2 aromatic carbocycles. The van der Waals surface area contributed by atoms with Gasteiger partial charge in [-0.3, -0.25) is 25.4 Å². The van der Waals surface area contributed by atoms with Crippen LogP contribution in [0.3, 0.4) is 0 Å². The minimum Gasteiger partial charge on any atom is -0.493 e. The summed E-state index contributed by atoms with van der Waals surface area (Å²) in [5.41, 5.74) is 6.47. The molecule has 3 rings (SSSR count). The zero-order valence-electron chi connectivity index (χ0n) is 19.5. The van der Waals surface area contributed by atoms with Gasteiger partial charge in [0.25, 0.3) is 11.8 Å². The van der Waals surface area contributed by atoms with Gasteiger partial charge in [-0.1, -0.05) is 19.9 Å². The number of pyridine rings is 1. The Kier molecular flexibility index (Phi) is 8.85. The lowest BCUT2D eigenvalue weighted by Gasteiger charge is -2.13. The predicted octanol–water partition coefficient (Wildman–Crippen LogP) is 4.17. The molecule has 0 aliphatic carbocycles. The second-order valence-electron chi connectivity index (χ2n) is 7.98. The van der Waals surface area contributed by atoms with E-state index in [0.29, 0.717) is 47.5 Å². The van der Waals surface area contributed by atoms with Crippen LogP contribution < -0.4 is 25.1 Å². The number of rotatable bonds is 10. The molecule has 34 heavy (non-hydrogen) atoms. The molecular formula is C26H29N3O5. The second kappa shape index (κ2) is 12.2. The van der Waals surface area contributed by atoms with Gasteiger partial charge in [-0.15, -0.1) is 0 Å². The summed E-state index contributed by atoms with van der Waals surface area (Å²) in [6, 6.07) is 15.2. The average Bonchev–Trinajstić information content (AvgIpc) is 2.86. The first kappa shape index (κ1) is 24.6. The number of hydrogen-bond acceptors (Lipinski definition) is 6. The Bertz CT molecular complexity index is 1090. The average molecular weight is 464 g/mol. The molecule has 0 saturated carbocycles. The number of hydrazine groups is 1. The minimum absolute atomic E-state index is 0.326. The summed E-state index contributed by atoms with van der Waals surface area (Å²) < 4.78 is 16.8. The van der Waals surface area contributed by atoms with Gasteiger partial charge in [0.1, 0.15) is 12.4 Å². The molecule has 2 amide bonds. The number of carbonyl (C=O) groups excluding carboxylic acids is 2. The smallest absolute Gasteiger partial charge is 0.269 e. The van der Waals surface area contributed by atoms with Crippen LogP contribution in [0.15, 0.2) is 67.0 Å². The molecule has 178 valence electrons. The zero-order valence-corrected chi connectivity index (χ0v) is 19.5. The molecule has 8 heteroatoms. The summed E-state index contributed by atoms with van der Waals surface area (Å²) in [5.74, 6) is 1.23. The third-order valence-electron chi connectivity index (χ3n) is 4.91. The van der Waals surface area contributed by atoms with Crippen molar-refractivity contribution in [3.8, 4) is 17.2 Å². The molecule has 2 N–H and O–H groups in total. The van der Waals surface area contributed by atoms with Crippen LogP contribution >= 0.6 is 0 Å². The number of methoxy groups -OCH3 is 1. The van der Waals surface area contributed by atoms with Crippen molar-refractivity contribution >= 4 is 11.8 Å². The number of hydrogen-bond donors (Lipinski definition) is 2. The van der Waals surface area contributed by atoms with E-state index in [2.05, 4.69) is 29.7 Å². The van der Waals surface area contributed by atoms with Gasteiger partial charge in [-0.25, -0.2) is 0 Å². The Morgan fingerprint density at radius 2 is 1.62 bits per heavy atom. The molecule has 3 aromatic rings. The van der Waals surface area contributed by atoms with Crippen molar-refractivity contribution in [3.63, 3.8) is 0 Å². The standard InChI is InChI=1S/C26H29N3O5/c1-18(2)12-14-33-23-11-8-21(15-24(23)32-3)26(31)29-28-25(30)20-6-9-22(10-7-20)34-17-19-5-4-13-27-16-19/h4-11,13,15-16,18H,12,14,17H2,1-3H3,(H,28,30)(H,29,31). The Morgan fingerprint density at radius 1 is 0.912 bits per heavy atom. The van der Waals surface area contributed by atoms with Crippen molar-refractivity contribution in [2.75, 3.05) is 13.7 Å². The monoisotopic (exact) mass is 463 g/mol. The van der Waals surface area contributed by atoms with Crippen LogP contribution in [0.25, 0.3) is 0 Å². The summed E-state index contributed by atoms with van der Waals surface area (Å²) in [7, 11) is 1.51. The van der Waals surface area contributed by atoms with E-state index in [1.54, 1.807) is 54.9 Å². The summed E-state index contributed by atoms with van der Waals surface area (Å²) in [6.07, 6.45) is 4.34. The Hall–Kier alpha value is -4.07. The van der Waals surface area contributed by atoms with Gasteiger partial charge in [-0.05, 0) is 60.9 Å². The first-order valence-electron chi connectivity index (χ1n) is 11.0. The van der Waals surface area contributed by atoms with E-state index >= 15 is 0 Å². The number of aromatic nitrogens is 1. The summed E-state index contributed by atoms with van der Waals surface area (Å²) in [4.78, 5) is 28.9. The molecule has 0 radical (unpaired) electrons. The van der Waals surface area contributed by atoms with Crippen LogP contribution in [0, 0.1) is 5.92 Å². The van der Waals surface area contributed by atoms with Crippen molar-refractivity contribution in [1.29, 1.82) is 0 Å². The first-order chi connectivity index (χ1) is 16.5. The maximum atomic E-state index is 12.5. The molecule has 1 heterocycles. The van der Waals surface area contributed by atoms with Crippen LogP contribution in [0.5, 0.6) is 17.2 Å². The van der Waals surface area contributed by atoms with Gasteiger partial charge >= 0.3 is 0 Å². The van der Waals surface area contributed by atoms with Gasteiger partial charge in [-0.2, -0.15) is 0 Å². The summed E-state index contributed by atoms with van der Waals surface area (Å²) >= 11 is 0. The molecule has 8 nitrogen and oxygen atoms in total. The molecular weight excluding hydrogens is 434 g/mol. The van der Waals surface area contributed by atoms with Crippen molar-refractivity contribution in [1.82, 2.24) is 15.8 Å². The van der Waals surface area contributed by atoms with Crippen LogP contribution in [-0.2, 0) is 6.61 Å². The summed E-state index contributed by atoms with van der Waals surface area (Å²) in [6.45, 7) is 5.17. The molecule has 0 unspecified atom stereocenters. The van der Waals surface area contributed by atoms with E-state index in [0.717, 1.165) is 12.0 Å². The molecule has 0 spiro atoms. The highest BCUT2D eigenvalue weighted by Crippen LogP contribution is 2.28. The second-order valence-corrected chi connectivity index (χ2v) is 7.98. The molecule has 0 aliphatic rings. The Labute approximate surface area is 199 Å². The Balaban J connectivity index is 1.51. The van der Waals surface area contributed by atoms with Crippen LogP contribution in [0.1, 0.15) is 46.5 Å². The number of benzene rings is 2. The molecule has 0 aliphatic heterocycles. The van der Waals surface area contributed by atoms with Crippen molar-refractivity contribution in [2.24, 2.45) is 5.92 Å². The van der Waals surface area contributed by atoms with E-state index in [-0.39, 0.29) is 0 Å². The fourth-order valence-electron chi connectivity index (χ4n) is 2.94. The number of nitrogens with one attached hydrogen (secondary N) is 2. The van der Waals surface area contributed by atoms with Crippen LogP contribution in [0.4, 0.5) is 0 Å². The number of amides is 2. The lowest BCUT2D eigenvalue weighted by atomic mass is 10.1. The van der Waals surface area contributed by atoms with Crippen LogP contribution in [-0.4, -0.2) is 30.5 Å². The first-order valence-corrected chi connectivity index (χ1v) is 11.0. The largest absolute Gasteiger partial charge is 0.493 e. The third-order valence-corrected chi connectivity index (χ3v) is 4.91. The zero-order chi connectivity index (χ0) is 24.3. The predicted molar refractivity (Wildman–Crippen MR) is 128 cm³/mol. The minimum atomic E-state index is -0.475. The SMILES string of the molecule is COc1cc(C(=O)NNC(=O)c2ccc(OCc3cccnc3)cc2)ccc1OCCC(C)C. The highest BCUT2D eigenvalue weighted by atomic mass is 16.5. The van der Waals surface area contributed by atoms with E-state index in [9.17, 15) is 9.59 Å². The molecule has 0 bridgehead atoms. The van der Waals surface area contributed by atoms with Crippen molar-refractivity contribution in [2.45, 2.75) is 26.9 Å². The number of ether oxygens (including phenoxy) is 3. The van der Waals surface area contributed by atoms with Crippen molar-refractivity contribution < 1.29 is 23.8 Å². The topological polar surface area (TPSA) is 98.8 Å². The Morgan fingerprint density at radius 3 is 2.26 bits per heavy atom. The molecule has 0 saturated heterocycles. The fraction of sp³-hybridized carbons (Fsp3) is 0.269. The quantitative estimate of drug-likeness (QED) is 0.438. The normalized spacial score (nSPS) is 10.5. The van der Waals surface area contributed by atoms with Gasteiger partial charge < -0.3 is 14.2 Å². The van der Waals surface area contributed by atoms with E-state index < -0.39 is 11.8 Å². The van der Waals surface area contributed by atoms with Crippen LogP contribution in [0.2, 0.25) is 0 Å². The fourth-order valence-corrected chi connectivity index (χ4v) is 2.94. The van der Waals surface area contributed by atoms with Gasteiger partial charge in [0.2, 0.25) is 0 Å². The molecule has 0 atom stereocenters. The van der Waals surface area contributed by atoms with Gasteiger partial charge in [0.05, 0.1) is 13.7 Å². The van der Waals surface area contributed by atoms with E-state index in [4.69, 9.17) is 14.2 Å². The third kappa shape index (κ3) is 7.23.